The summed E-state index contributed by atoms with van der Waals surface area (Å²) >= 11 is 0. The van der Waals surface area contributed by atoms with Crippen molar-refractivity contribution in [1.82, 2.24) is 5.32 Å². The van der Waals surface area contributed by atoms with Crippen molar-refractivity contribution in [3.63, 3.8) is 0 Å². The fourth-order valence-electron chi connectivity index (χ4n) is 2.38. The molecule has 19 heavy (non-hydrogen) atoms. The van der Waals surface area contributed by atoms with Gasteiger partial charge in [0.05, 0.1) is 6.61 Å². The molecule has 0 fully saturated rings. The van der Waals surface area contributed by atoms with Crippen molar-refractivity contribution in [2.45, 2.75) is 26.7 Å². The largest absolute Gasteiger partial charge is 0.383 e. The summed E-state index contributed by atoms with van der Waals surface area (Å²) in [6.07, 6.45) is 2.08. The van der Waals surface area contributed by atoms with E-state index in [1.165, 1.54) is 6.07 Å². The highest BCUT2D eigenvalue weighted by atomic mass is 19.1. The van der Waals surface area contributed by atoms with Crippen LogP contribution in [0.3, 0.4) is 0 Å². The molecule has 0 aliphatic carbocycles. The molecule has 0 aliphatic rings. The van der Waals surface area contributed by atoms with Crippen molar-refractivity contribution < 1.29 is 9.13 Å². The summed E-state index contributed by atoms with van der Waals surface area (Å²) in [5, 5.41) is 3.41. The van der Waals surface area contributed by atoms with Crippen LogP contribution < -0.4 is 5.32 Å². The summed E-state index contributed by atoms with van der Waals surface area (Å²) in [5.41, 5.74) is 1.08. The van der Waals surface area contributed by atoms with Gasteiger partial charge in [0, 0.05) is 13.7 Å². The zero-order chi connectivity index (χ0) is 14.1. The number of hydrogen-bond donors (Lipinski definition) is 1. The van der Waals surface area contributed by atoms with E-state index < -0.39 is 0 Å². The SMILES string of the molecule is COCCNCC(Cc1cccc(F)c1)CC(C)C. The van der Waals surface area contributed by atoms with E-state index in [2.05, 4.69) is 19.2 Å². The lowest BCUT2D eigenvalue weighted by Gasteiger charge is -2.20. The minimum absolute atomic E-state index is 0.145. The van der Waals surface area contributed by atoms with Crippen LogP contribution in [0.1, 0.15) is 25.8 Å². The Kier molecular flexibility index (Phi) is 7.68. The van der Waals surface area contributed by atoms with Crippen LogP contribution in [-0.2, 0) is 11.2 Å². The normalized spacial score (nSPS) is 12.9. The predicted octanol–water partition coefficient (Wildman–Crippen LogP) is 3.27. The number of methoxy groups -OCH3 is 1. The second-order valence-corrected chi connectivity index (χ2v) is 5.53. The van der Waals surface area contributed by atoms with Crippen molar-refractivity contribution in [3.05, 3.63) is 35.6 Å². The summed E-state index contributed by atoms with van der Waals surface area (Å²) in [6, 6.07) is 6.93. The lowest BCUT2D eigenvalue weighted by atomic mass is 9.91. The van der Waals surface area contributed by atoms with E-state index in [1.807, 2.05) is 6.07 Å². The number of rotatable bonds is 9. The van der Waals surface area contributed by atoms with Gasteiger partial charge in [0.1, 0.15) is 5.82 Å². The van der Waals surface area contributed by atoms with Gasteiger partial charge in [0.25, 0.3) is 0 Å². The quantitative estimate of drug-likeness (QED) is 0.693. The van der Waals surface area contributed by atoms with Crippen LogP contribution >= 0.6 is 0 Å². The second-order valence-electron chi connectivity index (χ2n) is 5.53. The van der Waals surface area contributed by atoms with Crippen molar-refractivity contribution in [1.29, 1.82) is 0 Å². The molecule has 108 valence electrons. The van der Waals surface area contributed by atoms with Crippen molar-refractivity contribution in [2.75, 3.05) is 26.8 Å². The topological polar surface area (TPSA) is 21.3 Å². The highest BCUT2D eigenvalue weighted by molar-refractivity contribution is 5.16. The van der Waals surface area contributed by atoms with Gasteiger partial charge in [-0.2, -0.15) is 0 Å². The van der Waals surface area contributed by atoms with Gasteiger partial charge in [0.15, 0.2) is 0 Å². The number of halogens is 1. The first-order valence-corrected chi connectivity index (χ1v) is 7.06. The summed E-state index contributed by atoms with van der Waals surface area (Å²) in [6.45, 7) is 7.02. The first kappa shape index (κ1) is 16.1. The van der Waals surface area contributed by atoms with Crippen LogP contribution in [0.5, 0.6) is 0 Å². The molecule has 0 radical (unpaired) electrons. The van der Waals surface area contributed by atoms with Crippen molar-refractivity contribution >= 4 is 0 Å². The molecule has 0 saturated carbocycles. The summed E-state index contributed by atoms with van der Waals surface area (Å²) in [5.74, 6) is 1.05. The van der Waals surface area contributed by atoms with E-state index in [4.69, 9.17) is 4.74 Å². The van der Waals surface area contributed by atoms with Gasteiger partial charge in [-0.1, -0.05) is 26.0 Å². The minimum Gasteiger partial charge on any atom is -0.383 e. The highest BCUT2D eigenvalue weighted by Gasteiger charge is 2.12. The molecule has 0 heterocycles. The van der Waals surface area contributed by atoms with E-state index in [0.29, 0.717) is 11.8 Å². The number of nitrogens with one attached hydrogen (secondary N) is 1. The average molecular weight is 267 g/mol. The van der Waals surface area contributed by atoms with Crippen LogP contribution in [-0.4, -0.2) is 26.8 Å². The van der Waals surface area contributed by atoms with Gasteiger partial charge in [-0.15, -0.1) is 0 Å². The molecule has 1 atom stereocenters. The molecule has 0 amide bonds. The minimum atomic E-state index is -0.145. The zero-order valence-corrected chi connectivity index (χ0v) is 12.3. The maximum Gasteiger partial charge on any atom is 0.123 e. The van der Waals surface area contributed by atoms with Crippen LogP contribution in [0, 0.1) is 17.7 Å². The van der Waals surface area contributed by atoms with E-state index in [0.717, 1.165) is 38.1 Å². The molecule has 1 rings (SSSR count). The molecule has 0 aromatic heterocycles. The molecular formula is C16H26FNO. The van der Waals surface area contributed by atoms with Gasteiger partial charge in [-0.25, -0.2) is 4.39 Å². The third kappa shape index (κ3) is 7.28. The lowest BCUT2D eigenvalue weighted by molar-refractivity contribution is 0.197. The Morgan fingerprint density at radius 2 is 2.11 bits per heavy atom. The van der Waals surface area contributed by atoms with Gasteiger partial charge >= 0.3 is 0 Å². The molecule has 0 saturated heterocycles. The third-order valence-electron chi connectivity index (χ3n) is 3.13. The second kappa shape index (κ2) is 9.05. The Morgan fingerprint density at radius 3 is 2.74 bits per heavy atom. The summed E-state index contributed by atoms with van der Waals surface area (Å²) in [7, 11) is 1.71. The fraction of sp³-hybridized carbons (Fsp3) is 0.625. The van der Waals surface area contributed by atoms with Crippen LogP contribution in [0.15, 0.2) is 24.3 Å². The maximum atomic E-state index is 13.2. The van der Waals surface area contributed by atoms with Gasteiger partial charge < -0.3 is 10.1 Å². The third-order valence-corrected chi connectivity index (χ3v) is 3.13. The smallest absolute Gasteiger partial charge is 0.123 e. The standard InChI is InChI=1S/C16H26FNO/c1-13(2)9-15(12-18-7-8-19-3)10-14-5-4-6-16(17)11-14/h4-6,11,13,15,18H,7-10,12H2,1-3H3. The first-order chi connectivity index (χ1) is 9.11. The summed E-state index contributed by atoms with van der Waals surface area (Å²) in [4.78, 5) is 0. The summed E-state index contributed by atoms with van der Waals surface area (Å²) < 4.78 is 18.2. The lowest BCUT2D eigenvalue weighted by Crippen LogP contribution is -2.28. The molecule has 2 nitrogen and oxygen atoms in total. The zero-order valence-electron chi connectivity index (χ0n) is 12.3. The Hall–Kier alpha value is -0.930. The Bertz CT molecular complexity index is 354. The molecule has 0 spiro atoms. The molecule has 1 N–H and O–H groups in total. The fourth-order valence-corrected chi connectivity index (χ4v) is 2.38. The molecule has 1 aromatic rings. The van der Waals surface area contributed by atoms with E-state index in [-0.39, 0.29) is 5.82 Å². The van der Waals surface area contributed by atoms with Crippen LogP contribution in [0.4, 0.5) is 4.39 Å². The van der Waals surface area contributed by atoms with Gasteiger partial charge in [0.2, 0.25) is 0 Å². The van der Waals surface area contributed by atoms with E-state index in [1.54, 1.807) is 19.2 Å². The van der Waals surface area contributed by atoms with E-state index >= 15 is 0 Å². The average Bonchev–Trinajstić information content (AvgIpc) is 2.34. The number of ether oxygens (including phenoxy) is 1. The molecule has 1 aromatic carbocycles. The maximum absolute atomic E-state index is 13.2. The van der Waals surface area contributed by atoms with Crippen molar-refractivity contribution in [3.8, 4) is 0 Å². The van der Waals surface area contributed by atoms with Crippen molar-refractivity contribution in [2.24, 2.45) is 11.8 Å². The number of benzene rings is 1. The van der Waals surface area contributed by atoms with Crippen LogP contribution in [0.2, 0.25) is 0 Å². The molecule has 1 unspecified atom stereocenters. The molecule has 0 aliphatic heterocycles. The first-order valence-electron chi connectivity index (χ1n) is 7.06. The Labute approximate surface area is 116 Å². The predicted molar refractivity (Wildman–Crippen MR) is 77.8 cm³/mol. The Morgan fingerprint density at radius 1 is 1.32 bits per heavy atom. The molecule has 3 heteroatoms. The van der Waals surface area contributed by atoms with Gasteiger partial charge in [-0.3, -0.25) is 0 Å². The molecular weight excluding hydrogens is 241 g/mol. The van der Waals surface area contributed by atoms with Crippen LogP contribution in [0.25, 0.3) is 0 Å². The van der Waals surface area contributed by atoms with Gasteiger partial charge in [-0.05, 0) is 48.9 Å². The molecule has 0 bridgehead atoms. The number of hydrogen-bond acceptors (Lipinski definition) is 2. The Balaban J connectivity index is 2.48. The highest BCUT2D eigenvalue weighted by Crippen LogP contribution is 2.17. The van der Waals surface area contributed by atoms with E-state index in [9.17, 15) is 4.39 Å². The monoisotopic (exact) mass is 267 g/mol.